The van der Waals surface area contributed by atoms with Crippen molar-refractivity contribution in [1.82, 2.24) is 9.55 Å². The Morgan fingerprint density at radius 1 is 1.18 bits per heavy atom. The molecule has 0 aliphatic rings. The normalized spacial score (nSPS) is 11.8. The van der Waals surface area contributed by atoms with Crippen LogP contribution >= 0.6 is 0 Å². The lowest BCUT2D eigenvalue weighted by Crippen LogP contribution is -2.27. The van der Waals surface area contributed by atoms with Crippen LogP contribution in [0.2, 0.25) is 0 Å². The third kappa shape index (κ3) is 3.27. The number of aromatic nitrogens is 2. The van der Waals surface area contributed by atoms with Crippen molar-refractivity contribution in [1.29, 1.82) is 0 Å². The van der Waals surface area contributed by atoms with E-state index in [4.69, 9.17) is 4.42 Å². The first kappa shape index (κ1) is 17.9. The third-order valence-electron chi connectivity index (χ3n) is 4.21. The van der Waals surface area contributed by atoms with Gasteiger partial charge in [0, 0.05) is 17.3 Å². The first-order valence-electron chi connectivity index (χ1n) is 8.29. The maximum absolute atomic E-state index is 12.6. The molecule has 1 amide bonds. The predicted molar refractivity (Wildman–Crippen MR) is 104 cm³/mol. The maximum atomic E-state index is 12.6. The number of anilines is 1. The van der Waals surface area contributed by atoms with Gasteiger partial charge in [0.1, 0.15) is 17.6 Å². The Bertz CT molecular complexity index is 1390. The topological polar surface area (TPSA) is 111 Å². The number of carbonyl (C=O) groups is 1. The number of carbonyl (C=O) groups excluding carboxylic acids is 1. The second-order valence-corrected chi connectivity index (χ2v) is 8.32. The van der Waals surface area contributed by atoms with Crippen LogP contribution < -0.4 is 10.9 Å². The highest BCUT2D eigenvalue weighted by Gasteiger charge is 2.15. The van der Waals surface area contributed by atoms with Gasteiger partial charge in [-0.2, -0.15) is 0 Å². The molecule has 0 radical (unpaired) electrons. The zero-order chi connectivity index (χ0) is 19.9. The number of amides is 1. The minimum atomic E-state index is -3.39. The van der Waals surface area contributed by atoms with E-state index in [1.165, 1.54) is 24.5 Å². The molecular formula is C19H15N3O5S. The molecule has 0 unspecified atom stereocenters. The summed E-state index contributed by atoms with van der Waals surface area (Å²) >= 11 is 0. The molecule has 0 fully saturated rings. The van der Waals surface area contributed by atoms with Crippen LogP contribution in [0.5, 0.6) is 0 Å². The summed E-state index contributed by atoms with van der Waals surface area (Å²) in [7, 11) is -3.39. The van der Waals surface area contributed by atoms with Gasteiger partial charge in [0.2, 0.25) is 11.5 Å². The van der Waals surface area contributed by atoms with Gasteiger partial charge in [-0.25, -0.2) is 13.4 Å². The minimum Gasteiger partial charge on any atom is -0.448 e. The van der Waals surface area contributed by atoms with Gasteiger partial charge in [0.05, 0.1) is 11.2 Å². The van der Waals surface area contributed by atoms with Crippen LogP contribution in [-0.2, 0) is 21.2 Å². The molecule has 0 aliphatic heterocycles. The number of benzene rings is 2. The number of para-hydroxylation sites is 1. The smallest absolute Gasteiger partial charge is 0.297 e. The van der Waals surface area contributed by atoms with Crippen molar-refractivity contribution in [2.45, 2.75) is 11.4 Å². The van der Waals surface area contributed by atoms with Crippen molar-refractivity contribution in [3.8, 4) is 0 Å². The molecule has 142 valence electrons. The molecule has 4 aromatic rings. The summed E-state index contributed by atoms with van der Waals surface area (Å²) in [4.78, 5) is 29.3. The van der Waals surface area contributed by atoms with E-state index in [-0.39, 0.29) is 17.0 Å². The molecule has 0 bridgehead atoms. The van der Waals surface area contributed by atoms with Gasteiger partial charge in [-0.3, -0.25) is 14.2 Å². The molecular weight excluding hydrogens is 382 g/mol. The summed E-state index contributed by atoms with van der Waals surface area (Å²) < 4.78 is 30.0. The summed E-state index contributed by atoms with van der Waals surface area (Å²) in [5.74, 6) is -0.495. The van der Waals surface area contributed by atoms with Gasteiger partial charge in [0.15, 0.2) is 9.84 Å². The highest BCUT2D eigenvalue weighted by Crippen LogP contribution is 2.24. The van der Waals surface area contributed by atoms with E-state index >= 15 is 0 Å². The number of hydrogen-bond donors (Lipinski definition) is 1. The molecule has 2 aromatic heterocycles. The molecule has 28 heavy (non-hydrogen) atoms. The number of fused-ring (bicyclic) bond motifs is 3. The quantitative estimate of drug-likeness (QED) is 0.565. The zero-order valence-corrected chi connectivity index (χ0v) is 15.6. The molecule has 0 spiro atoms. The number of rotatable bonds is 4. The van der Waals surface area contributed by atoms with E-state index in [9.17, 15) is 18.0 Å². The van der Waals surface area contributed by atoms with Crippen LogP contribution in [0.1, 0.15) is 0 Å². The number of sulfone groups is 1. The second-order valence-electron chi connectivity index (χ2n) is 6.30. The fourth-order valence-electron chi connectivity index (χ4n) is 2.89. The number of hydrogen-bond acceptors (Lipinski definition) is 6. The lowest BCUT2D eigenvalue weighted by atomic mass is 10.2. The Morgan fingerprint density at radius 3 is 2.75 bits per heavy atom. The Labute approximate surface area is 159 Å². The molecule has 8 nitrogen and oxygen atoms in total. The molecule has 2 heterocycles. The highest BCUT2D eigenvalue weighted by molar-refractivity contribution is 7.90. The Kier molecular flexibility index (Phi) is 4.23. The number of nitrogens with one attached hydrogen (secondary N) is 1. The molecule has 9 heteroatoms. The summed E-state index contributed by atoms with van der Waals surface area (Å²) in [5, 5.41) is 3.31. The first-order chi connectivity index (χ1) is 13.3. The molecule has 2 aromatic carbocycles. The van der Waals surface area contributed by atoms with Gasteiger partial charge in [-0.05, 0) is 30.3 Å². The van der Waals surface area contributed by atoms with E-state index in [1.54, 1.807) is 24.3 Å². The summed E-state index contributed by atoms with van der Waals surface area (Å²) in [5.41, 5.74) is 0.913. The van der Waals surface area contributed by atoms with Crippen LogP contribution in [0.25, 0.3) is 22.1 Å². The average Bonchev–Trinajstić information content (AvgIpc) is 3.03. The van der Waals surface area contributed by atoms with Crippen molar-refractivity contribution in [3.63, 3.8) is 0 Å². The van der Waals surface area contributed by atoms with Crippen LogP contribution in [0.3, 0.4) is 0 Å². The molecule has 0 atom stereocenters. The standard InChI is InChI=1S/C19H15N3O5S/c1-28(25,26)13-6-4-5-12(9-13)21-16(23)10-22-11-20-17-14-7-2-3-8-15(14)27-18(17)19(22)24/h2-9,11H,10H2,1H3,(H,21,23). The molecule has 0 saturated carbocycles. The maximum Gasteiger partial charge on any atom is 0.297 e. The van der Waals surface area contributed by atoms with Crippen molar-refractivity contribution in [3.05, 3.63) is 65.2 Å². The summed E-state index contributed by atoms with van der Waals surface area (Å²) in [6.07, 6.45) is 2.38. The van der Waals surface area contributed by atoms with Crippen molar-refractivity contribution in [2.75, 3.05) is 11.6 Å². The van der Waals surface area contributed by atoms with Gasteiger partial charge >= 0.3 is 0 Å². The molecule has 0 saturated heterocycles. The first-order valence-corrected chi connectivity index (χ1v) is 10.2. The molecule has 4 rings (SSSR count). The van der Waals surface area contributed by atoms with Crippen LogP contribution in [0, 0.1) is 0 Å². The van der Waals surface area contributed by atoms with E-state index in [1.807, 2.05) is 6.07 Å². The van der Waals surface area contributed by atoms with Crippen LogP contribution in [0.4, 0.5) is 5.69 Å². The van der Waals surface area contributed by atoms with E-state index in [0.29, 0.717) is 16.8 Å². The third-order valence-corrected chi connectivity index (χ3v) is 5.32. The highest BCUT2D eigenvalue weighted by atomic mass is 32.2. The zero-order valence-electron chi connectivity index (χ0n) is 14.7. The van der Waals surface area contributed by atoms with Crippen LogP contribution in [-0.4, -0.2) is 30.1 Å². The van der Waals surface area contributed by atoms with Crippen molar-refractivity contribution >= 4 is 43.5 Å². The monoisotopic (exact) mass is 397 g/mol. The van der Waals surface area contributed by atoms with Gasteiger partial charge in [-0.15, -0.1) is 0 Å². The van der Waals surface area contributed by atoms with Crippen LogP contribution in [0.15, 0.2) is 69.0 Å². The Hall–Kier alpha value is -3.46. The number of nitrogens with zero attached hydrogens (tertiary/aromatic N) is 2. The minimum absolute atomic E-state index is 0.0792. The fourth-order valence-corrected chi connectivity index (χ4v) is 3.55. The number of furan rings is 1. The van der Waals surface area contributed by atoms with Crippen molar-refractivity contribution in [2.24, 2.45) is 0 Å². The van der Waals surface area contributed by atoms with E-state index in [2.05, 4.69) is 10.3 Å². The Balaban J connectivity index is 1.61. The van der Waals surface area contributed by atoms with E-state index < -0.39 is 21.3 Å². The predicted octanol–water partition coefficient (Wildman–Crippen LogP) is 2.18. The fraction of sp³-hybridized carbons (Fsp3) is 0.105. The molecule has 1 N–H and O–H groups in total. The Morgan fingerprint density at radius 2 is 1.96 bits per heavy atom. The van der Waals surface area contributed by atoms with E-state index in [0.717, 1.165) is 16.2 Å². The lowest BCUT2D eigenvalue weighted by Gasteiger charge is -2.08. The largest absolute Gasteiger partial charge is 0.448 e. The summed E-state index contributed by atoms with van der Waals surface area (Å²) in [6.45, 7) is -0.290. The SMILES string of the molecule is CS(=O)(=O)c1cccc(NC(=O)Cn2cnc3c(oc4ccccc43)c2=O)c1. The average molecular weight is 397 g/mol. The van der Waals surface area contributed by atoms with Gasteiger partial charge in [0.25, 0.3) is 5.56 Å². The lowest BCUT2D eigenvalue weighted by molar-refractivity contribution is -0.116. The second kappa shape index (κ2) is 6.61. The molecule has 0 aliphatic carbocycles. The van der Waals surface area contributed by atoms with Gasteiger partial charge < -0.3 is 9.73 Å². The van der Waals surface area contributed by atoms with Gasteiger partial charge in [-0.1, -0.05) is 18.2 Å². The summed E-state index contributed by atoms with van der Waals surface area (Å²) in [6, 6.07) is 13.0. The van der Waals surface area contributed by atoms with Crippen molar-refractivity contribution < 1.29 is 17.6 Å².